The molecule has 0 aliphatic carbocycles. The predicted molar refractivity (Wildman–Crippen MR) is 76.2 cm³/mol. The summed E-state index contributed by atoms with van der Waals surface area (Å²) in [7, 11) is 0. The molecule has 2 heterocycles. The lowest BCUT2D eigenvalue weighted by Crippen LogP contribution is -2.42. The van der Waals surface area contributed by atoms with Crippen LogP contribution in [0, 0.1) is 0 Å². The van der Waals surface area contributed by atoms with E-state index >= 15 is 0 Å². The number of hydrogen-bond acceptors (Lipinski definition) is 5. The standard InChI is InChI=1S/C15H22N2O3/c18-15(4-5-16-10-15)11-17-9-12-2-3-13-14(8-12)20-7-1-6-19-13/h2-3,8,16-18H,1,4-7,9-11H2/t15-/m1/s1. The summed E-state index contributed by atoms with van der Waals surface area (Å²) in [5.41, 5.74) is 0.537. The number of benzene rings is 1. The Morgan fingerprint density at radius 1 is 1.25 bits per heavy atom. The van der Waals surface area contributed by atoms with Gasteiger partial charge in [-0.05, 0) is 30.7 Å². The molecule has 20 heavy (non-hydrogen) atoms. The Balaban J connectivity index is 1.56. The number of hydrogen-bond donors (Lipinski definition) is 3. The average Bonchev–Trinajstić information content (AvgIpc) is 2.74. The second-order valence-corrected chi connectivity index (χ2v) is 5.59. The minimum Gasteiger partial charge on any atom is -0.490 e. The van der Waals surface area contributed by atoms with Crippen LogP contribution in [0.4, 0.5) is 0 Å². The summed E-state index contributed by atoms with van der Waals surface area (Å²) in [6, 6.07) is 6.02. The Labute approximate surface area is 119 Å². The van der Waals surface area contributed by atoms with E-state index in [0.29, 0.717) is 26.3 Å². The van der Waals surface area contributed by atoms with Crippen LogP contribution in [0.15, 0.2) is 18.2 Å². The van der Waals surface area contributed by atoms with Crippen LogP contribution in [0.1, 0.15) is 18.4 Å². The summed E-state index contributed by atoms with van der Waals surface area (Å²) in [4.78, 5) is 0. The topological polar surface area (TPSA) is 62.8 Å². The van der Waals surface area contributed by atoms with E-state index in [4.69, 9.17) is 9.47 Å². The molecule has 1 aromatic carbocycles. The number of aliphatic hydroxyl groups is 1. The van der Waals surface area contributed by atoms with Crippen molar-refractivity contribution >= 4 is 0 Å². The Morgan fingerprint density at radius 2 is 2.10 bits per heavy atom. The molecule has 0 unspecified atom stereocenters. The molecular weight excluding hydrogens is 256 g/mol. The SMILES string of the molecule is O[C@]1(CNCc2ccc3c(c2)OCCCO3)CCNC1. The first-order valence-corrected chi connectivity index (χ1v) is 7.28. The zero-order valence-electron chi connectivity index (χ0n) is 11.7. The van der Waals surface area contributed by atoms with Gasteiger partial charge in [0, 0.05) is 26.1 Å². The van der Waals surface area contributed by atoms with Crippen LogP contribution in [0.5, 0.6) is 11.5 Å². The molecule has 1 fully saturated rings. The van der Waals surface area contributed by atoms with Crippen molar-refractivity contribution in [2.75, 3.05) is 32.8 Å². The smallest absolute Gasteiger partial charge is 0.161 e. The van der Waals surface area contributed by atoms with E-state index < -0.39 is 5.60 Å². The van der Waals surface area contributed by atoms with Crippen LogP contribution >= 0.6 is 0 Å². The maximum atomic E-state index is 10.2. The molecular formula is C15H22N2O3. The van der Waals surface area contributed by atoms with Crippen molar-refractivity contribution in [2.24, 2.45) is 0 Å². The predicted octanol–water partition coefficient (Wildman–Crippen LogP) is 0.662. The van der Waals surface area contributed by atoms with Crippen molar-refractivity contribution < 1.29 is 14.6 Å². The van der Waals surface area contributed by atoms with Crippen molar-refractivity contribution in [3.05, 3.63) is 23.8 Å². The lowest BCUT2D eigenvalue weighted by molar-refractivity contribution is 0.0609. The van der Waals surface area contributed by atoms with E-state index in [1.165, 1.54) is 0 Å². The minimum absolute atomic E-state index is 0.606. The third kappa shape index (κ3) is 3.23. The van der Waals surface area contributed by atoms with E-state index in [-0.39, 0.29) is 0 Å². The fraction of sp³-hybridized carbons (Fsp3) is 0.600. The molecule has 0 amide bonds. The highest BCUT2D eigenvalue weighted by atomic mass is 16.5. The molecule has 3 N–H and O–H groups in total. The zero-order valence-corrected chi connectivity index (χ0v) is 11.7. The number of nitrogens with one attached hydrogen (secondary N) is 2. The summed E-state index contributed by atoms with van der Waals surface area (Å²) in [6.45, 7) is 4.30. The van der Waals surface area contributed by atoms with Gasteiger partial charge < -0.3 is 25.2 Å². The normalized spacial score (nSPS) is 25.4. The number of rotatable bonds is 4. The number of ether oxygens (including phenoxy) is 2. The molecule has 2 aliphatic rings. The Kier molecular flexibility index (Phi) is 4.10. The van der Waals surface area contributed by atoms with Crippen LogP contribution in [-0.4, -0.2) is 43.6 Å². The van der Waals surface area contributed by atoms with E-state index in [1.807, 2.05) is 18.2 Å². The fourth-order valence-corrected chi connectivity index (χ4v) is 2.64. The highest BCUT2D eigenvalue weighted by molar-refractivity contribution is 5.43. The molecule has 2 aliphatic heterocycles. The average molecular weight is 278 g/mol. The number of β-amino-alcohol motifs (C(OH)–C–C–N with tert-alkyl or cyclic N) is 1. The van der Waals surface area contributed by atoms with Gasteiger partial charge in [-0.25, -0.2) is 0 Å². The quantitative estimate of drug-likeness (QED) is 0.755. The summed E-state index contributed by atoms with van der Waals surface area (Å²) >= 11 is 0. The van der Waals surface area contributed by atoms with Crippen LogP contribution < -0.4 is 20.1 Å². The molecule has 3 rings (SSSR count). The van der Waals surface area contributed by atoms with Gasteiger partial charge in [-0.15, -0.1) is 0 Å². The van der Waals surface area contributed by atoms with E-state index in [1.54, 1.807) is 0 Å². The maximum Gasteiger partial charge on any atom is 0.161 e. The molecule has 0 saturated carbocycles. The second kappa shape index (κ2) is 5.99. The van der Waals surface area contributed by atoms with Crippen LogP contribution in [0.2, 0.25) is 0 Å². The summed E-state index contributed by atoms with van der Waals surface area (Å²) in [5.74, 6) is 1.65. The Hall–Kier alpha value is -1.30. The van der Waals surface area contributed by atoms with Crippen LogP contribution in [0.3, 0.4) is 0 Å². The second-order valence-electron chi connectivity index (χ2n) is 5.59. The van der Waals surface area contributed by atoms with Crippen molar-refractivity contribution in [1.82, 2.24) is 10.6 Å². The summed E-state index contributed by atoms with van der Waals surface area (Å²) < 4.78 is 11.3. The molecule has 5 nitrogen and oxygen atoms in total. The van der Waals surface area contributed by atoms with Crippen molar-refractivity contribution in [3.63, 3.8) is 0 Å². The molecule has 0 bridgehead atoms. The van der Waals surface area contributed by atoms with Gasteiger partial charge in [-0.3, -0.25) is 0 Å². The van der Waals surface area contributed by atoms with Crippen molar-refractivity contribution in [2.45, 2.75) is 25.0 Å². The highest BCUT2D eigenvalue weighted by Crippen LogP contribution is 2.30. The molecule has 110 valence electrons. The largest absolute Gasteiger partial charge is 0.490 e. The van der Waals surface area contributed by atoms with Gasteiger partial charge in [-0.1, -0.05) is 6.07 Å². The molecule has 0 radical (unpaired) electrons. The molecule has 0 aromatic heterocycles. The molecule has 0 spiro atoms. The third-order valence-corrected chi connectivity index (χ3v) is 3.82. The molecule has 1 aromatic rings. The van der Waals surface area contributed by atoms with Gasteiger partial charge in [0.25, 0.3) is 0 Å². The number of fused-ring (bicyclic) bond motifs is 1. The Bertz CT molecular complexity index is 458. The zero-order chi connectivity index (χ0) is 13.8. The summed E-state index contributed by atoms with van der Waals surface area (Å²) in [5, 5.41) is 16.7. The molecule has 5 heteroatoms. The third-order valence-electron chi connectivity index (χ3n) is 3.82. The van der Waals surface area contributed by atoms with Crippen LogP contribution in [-0.2, 0) is 6.54 Å². The molecule has 1 saturated heterocycles. The van der Waals surface area contributed by atoms with E-state index in [2.05, 4.69) is 10.6 Å². The van der Waals surface area contributed by atoms with E-state index in [0.717, 1.165) is 43.0 Å². The first-order valence-electron chi connectivity index (χ1n) is 7.28. The van der Waals surface area contributed by atoms with Crippen molar-refractivity contribution in [3.8, 4) is 11.5 Å². The summed E-state index contributed by atoms with van der Waals surface area (Å²) in [6.07, 6.45) is 1.73. The first kappa shape index (κ1) is 13.7. The van der Waals surface area contributed by atoms with Gasteiger partial charge in [0.15, 0.2) is 11.5 Å². The fourth-order valence-electron chi connectivity index (χ4n) is 2.64. The minimum atomic E-state index is -0.606. The lowest BCUT2D eigenvalue weighted by Gasteiger charge is -2.21. The monoisotopic (exact) mass is 278 g/mol. The van der Waals surface area contributed by atoms with Gasteiger partial charge in [-0.2, -0.15) is 0 Å². The van der Waals surface area contributed by atoms with Gasteiger partial charge in [0.1, 0.15) is 0 Å². The molecule has 1 atom stereocenters. The van der Waals surface area contributed by atoms with Crippen LogP contribution in [0.25, 0.3) is 0 Å². The maximum absolute atomic E-state index is 10.2. The highest BCUT2D eigenvalue weighted by Gasteiger charge is 2.30. The van der Waals surface area contributed by atoms with Gasteiger partial charge in [0.2, 0.25) is 0 Å². The van der Waals surface area contributed by atoms with E-state index in [9.17, 15) is 5.11 Å². The Morgan fingerprint density at radius 3 is 2.90 bits per heavy atom. The van der Waals surface area contributed by atoms with Gasteiger partial charge >= 0.3 is 0 Å². The van der Waals surface area contributed by atoms with Crippen molar-refractivity contribution in [1.29, 1.82) is 0 Å². The first-order chi connectivity index (χ1) is 9.75. The lowest BCUT2D eigenvalue weighted by atomic mass is 10.0. The van der Waals surface area contributed by atoms with Gasteiger partial charge in [0.05, 0.1) is 18.8 Å².